The van der Waals surface area contributed by atoms with Gasteiger partial charge in [0.2, 0.25) is 11.8 Å². The lowest BCUT2D eigenvalue weighted by atomic mass is 9.90. The molecule has 0 radical (unpaired) electrons. The van der Waals surface area contributed by atoms with E-state index in [1.54, 1.807) is 0 Å². The highest BCUT2D eigenvalue weighted by Gasteiger charge is 2.49. The van der Waals surface area contributed by atoms with Crippen LogP contribution < -0.4 is 5.32 Å². The number of piperidine rings is 2. The number of hydrogen-bond donors (Lipinski definition) is 1. The van der Waals surface area contributed by atoms with Gasteiger partial charge in [-0.1, -0.05) is 182 Å². The van der Waals surface area contributed by atoms with Gasteiger partial charge >= 0.3 is 11.9 Å². The molecule has 12 rings (SSSR count). The van der Waals surface area contributed by atoms with Crippen molar-refractivity contribution < 1.29 is 33.4 Å². The molecule has 6 heterocycles. The van der Waals surface area contributed by atoms with Crippen LogP contribution in [-0.4, -0.2) is 151 Å². The standard InChI is InChI=1S/C34H39N3O3.C20H19NO4.C14H20N2/c1-40-34(39)30-20-29(36-19-11-18-28-22-35(24-31(28)36)21-25-12-5-2-6-13-25)23-37(30)33(38)32(26-14-7-3-8-15-26)27-16-9-4-10-17-27;1-25-20(24)17-12-16(22)13-21(17)19(23)18(14-8-4-2-5-9-14)15-10-6-3-7-11-15;1-2-5-12(6-3-1)9-16-10-13-7-4-8-15-14(13)11-16/h2-10,12-17,28-32H,11,18-24H2,1H3;2-11,17-18H,12-13H2,1H3;1-3,5-6,13-15H,4,7-11H2/t28-,29-,30-,31+;17-;13-,14+/m000/s1. The summed E-state index contributed by atoms with van der Waals surface area (Å²) in [5.41, 5.74) is 6.32. The Balaban J connectivity index is 0.000000152. The molecule has 0 aliphatic carbocycles. The second-order valence-corrected chi connectivity index (χ2v) is 22.7. The number of benzene rings is 6. The summed E-state index contributed by atoms with van der Waals surface area (Å²) in [4.78, 5) is 75.6. The summed E-state index contributed by atoms with van der Waals surface area (Å²) in [6, 6.07) is 60.0. The van der Waals surface area contributed by atoms with Crippen LogP contribution in [0.5, 0.6) is 0 Å². The zero-order valence-corrected chi connectivity index (χ0v) is 46.9. The minimum Gasteiger partial charge on any atom is -0.467 e. The predicted octanol–water partition coefficient (Wildman–Crippen LogP) is 8.59. The van der Waals surface area contributed by atoms with Crippen molar-refractivity contribution in [2.24, 2.45) is 11.8 Å². The fourth-order valence-corrected chi connectivity index (χ4v) is 13.6. The molecule has 2 amide bonds. The van der Waals surface area contributed by atoms with Crippen LogP contribution in [0.15, 0.2) is 182 Å². The summed E-state index contributed by atoms with van der Waals surface area (Å²) in [7, 11) is 2.69. The van der Waals surface area contributed by atoms with Gasteiger partial charge in [-0.25, -0.2) is 9.59 Å². The van der Waals surface area contributed by atoms with Crippen LogP contribution >= 0.6 is 0 Å². The van der Waals surface area contributed by atoms with E-state index in [4.69, 9.17) is 9.47 Å². The third-order valence-electron chi connectivity index (χ3n) is 17.5. The molecule has 6 saturated heterocycles. The molecule has 6 aromatic carbocycles. The summed E-state index contributed by atoms with van der Waals surface area (Å²) in [6.07, 6.45) is 5.81. The number of carbonyl (C=O) groups is 5. The Kier molecular flexibility index (Phi) is 19.3. The second-order valence-electron chi connectivity index (χ2n) is 22.7. The third kappa shape index (κ3) is 13.9. The molecule has 7 atom stereocenters. The lowest BCUT2D eigenvalue weighted by Crippen LogP contribution is -2.51. The maximum atomic E-state index is 14.4. The number of amides is 2. The monoisotopic (exact) mass is 1090 g/mol. The van der Waals surface area contributed by atoms with E-state index < -0.39 is 29.9 Å². The van der Waals surface area contributed by atoms with Crippen LogP contribution in [0.25, 0.3) is 0 Å². The van der Waals surface area contributed by atoms with Gasteiger partial charge in [0.05, 0.1) is 32.6 Å². The number of rotatable bonds is 13. The average molecular weight is 1090 g/mol. The molecule has 6 fully saturated rings. The molecule has 81 heavy (non-hydrogen) atoms. The van der Waals surface area contributed by atoms with Crippen molar-refractivity contribution in [3.63, 3.8) is 0 Å². The smallest absolute Gasteiger partial charge is 0.329 e. The third-order valence-corrected chi connectivity index (χ3v) is 17.5. The minimum atomic E-state index is -0.847. The van der Waals surface area contributed by atoms with Crippen molar-refractivity contribution in [1.82, 2.24) is 29.8 Å². The van der Waals surface area contributed by atoms with E-state index >= 15 is 0 Å². The Hall–Kier alpha value is -7.29. The van der Waals surface area contributed by atoms with Gasteiger partial charge in [-0.3, -0.25) is 29.1 Å². The number of carbonyl (C=O) groups excluding carboxylic acids is 5. The van der Waals surface area contributed by atoms with Crippen LogP contribution in [0.3, 0.4) is 0 Å². The van der Waals surface area contributed by atoms with Crippen molar-refractivity contribution in [3.8, 4) is 0 Å². The van der Waals surface area contributed by atoms with E-state index in [0.29, 0.717) is 24.9 Å². The van der Waals surface area contributed by atoms with Gasteiger partial charge in [0.15, 0.2) is 5.78 Å². The van der Waals surface area contributed by atoms with Crippen molar-refractivity contribution in [1.29, 1.82) is 0 Å². The lowest BCUT2D eigenvalue weighted by Gasteiger charge is -2.41. The first-order valence-electron chi connectivity index (χ1n) is 29.2. The Bertz CT molecular complexity index is 2900. The van der Waals surface area contributed by atoms with Crippen molar-refractivity contribution in [3.05, 3.63) is 215 Å². The van der Waals surface area contributed by atoms with Crippen LogP contribution in [0.1, 0.15) is 83.7 Å². The number of fused-ring (bicyclic) bond motifs is 2. The molecule has 13 nitrogen and oxygen atoms in total. The number of hydrogen-bond acceptors (Lipinski definition) is 11. The zero-order valence-electron chi connectivity index (χ0n) is 46.9. The highest BCUT2D eigenvalue weighted by molar-refractivity contribution is 6.00. The van der Waals surface area contributed by atoms with E-state index in [0.717, 1.165) is 73.4 Å². The fraction of sp³-hybridized carbons (Fsp3) is 0.397. The molecule has 6 aromatic rings. The molecular formula is C68H78N6O7. The van der Waals surface area contributed by atoms with Gasteiger partial charge in [-0.05, 0) is 90.4 Å². The van der Waals surface area contributed by atoms with Gasteiger partial charge in [-0.15, -0.1) is 0 Å². The largest absolute Gasteiger partial charge is 0.467 e. The first-order chi connectivity index (χ1) is 39.6. The average Bonchev–Trinajstić information content (AvgIpc) is 4.55. The molecule has 0 unspecified atom stereocenters. The zero-order chi connectivity index (χ0) is 56.1. The van der Waals surface area contributed by atoms with E-state index in [9.17, 15) is 24.0 Å². The Morgan fingerprint density at radius 3 is 1.46 bits per heavy atom. The first kappa shape index (κ1) is 57.0. The van der Waals surface area contributed by atoms with Gasteiger partial charge in [0.25, 0.3) is 0 Å². The molecule has 1 N–H and O–H groups in total. The molecule has 6 aliphatic heterocycles. The SMILES string of the molecule is COC(=O)[C@@H]1CC(=O)CN1C(=O)C(c1ccccc1)c1ccccc1.COC(=O)[C@@H]1C[C@H](N2CCC[C@H]3CN(Cc4ccccc4)C[C@H]32)CN1C(=O)C(c1ccccc1)c1ccccc1.c1ccc(CN2C[C@@H]3CCCN[C@@H]3C2)cc1. The quantitative estimate of drug-likeness (QED) is 0.112. The van der Waals surface area contributed by atoms with E-state index in [1.165, 1.54) is 69.1 Å². The summed E-state index contributed by atoms with van der Waals surface area (Å²) < 4.78 is 10.0. The van der Waals surface area contributed by atoms with Crippen molar-refractivity contribution in [2.45, 2.75) is 93.7 Å². The number of methoxy groups -OCH3 is 2. The van der Waals surface area contributed by atoms with Gasteiger partial charge in [0.1, 0.15) is 12.1 Å². The van der Waals surface area contributed by atoms with E-state index in [-0.39, 0.29) is 42.6 Å². The molecule has 0 aromatic heterocycles. The Labute approximate surface area is 478 Å². The van der Waals surface area contributed by atoms with Crippen LogP contribution in [-0.2, 0) is 46.5 Å². The van der Waals surface area contributed by atoms with Crippen molar-refractivity contribution >= 4 is 29.5 Å². The predicted molar refractivity (Wildman–Crippen MR) is 314 cm³/mol. The van der Waals surface area contributed by atoms with E-state index in [1.807, 2.05) is 126 Å². The molecule has 0 saturated carbocycles. The molecule has 6 aliphatic rings. The normalized spacial score (nSPS) is 23.7. The number of esters is 2. The molecular weight excluding hydrogens is 1010 g/mol. The van der Waals surface area contributed by atoms with Gasteiger partial charge in [0, 0.05) is 70.4 Å². The summed E-state index contributed by atoms with van der Waals surface area (Å²) in [5, 5.41) is 3.66. The Morgan fingerprint density at radius 2 is 0.963 bits per heavy atom. The maximum Gasteiger partial charge on any atom is 0.329 e. The van der Waals surface area contributed by atoms with Gasteiger partial charge < -0.3 is 24.6 Å². The molecule has 0 bridgehead atoms. The summed E-state index contributed by atoms with van der Waals surface area (Å²) in [6.45, 7) is 9.48. The number of nitrogens with zero attached hydrogens (tertiary/aromatic N) is 5. The van der Waals surface area contributed by atoms with Crippen molar-refractivity contribution in [2.75, 3.05) is 66.6 Å². The topological polar surface area (TPSA) is 132 Å². The van der Waals surface area contributed by atoms with E-state index in [2.05, 4.69) is 80.7 Å². The lowest BCUT2D eigenvalue weighted by molar-refractivity contribution is -0.151. The molecule has 422 valence electrons. The number of likely N-dealkylation sites (tertiary alicyclic amines) is 5. The maximum absolute atomic E-state index is 14.4. The highest BCUT2D eigenvalue weighted by atomic mass is 16.5. The number of nitrogens with one attached hydrogen (secondary N) is 1. The van der Waals surface area contributed by atoms with Crippen LogP contribution in [0.2, 0.25) is 0 Å². The minimum absolute atomic E-state index is 0.00864. The fourth-order valence-electron chi connectivity index (χ4n) is 13.6. The summed E-state index contributed by atoms with van der Waals surface area (Å²) in [5.74, 6) is -0.808. The van der Waals surface area contributed by atoms with Crippen LogP contribution in [0.4, 0.5) is 0 Å². The number of ether oxygens (including phenoxy) is 2. The van der Waals surface area contributed by atoms with Gasteiger partial charge in [-0.2, -0.15) is 0 Å². The molecule has 0 spiro atoms. The highest BCUT2D eigenvalue weighted by Crippen LogP contribution is 2.38. The second kappa shape index (κ2) is 27.4. The molecule has 13 heteroatoms. The Morgan fingerprint density at radius 1 is 0.519 bits per heavy atom. The number of ketones is 1. The number of Topliss-reactive ketones (excluding diaryl/α,β-unsaturated/α-hetero) is 1. The van der Waals surface area contributed by atoms with Crippen LogP contribution in [0, 0.1) is 11.8 Å². The summed E-state index contributed by atoms with van der Waals surface area (Å²) >= 11 is 0. The first-order valence-corrected chi connectivity index (χ1v) is 29.2.